The molecular weight excluding hydrogens is 482 g/mol. The fourth-order valence-corrected chi connectivity index (χ4v) is 7.21. The van der Waals surface area contributed by atoms with Gasteiger partial charge in [-0.2, -0.15) is 0 Å². The third-order valence-electron chi connectivity index (χ3n) is 9.47. The van der Waals surface area contributed by atoms with Crippen LogP contribution in [0.25, 0.3) is 0 Å². The van der Waals surface area contributed by atoms with Gasteiger partial charge in [0.15, 0.2) is 0 Å². The van der Waals surface area contributed by atoms with Gasteiger partial charge in [0.25, 0.3) is 6.43 Å². The number of methoxy groups -OCH3 is 1. The molecule has 0 aromatic rings. The Hall–Kier alpha value is -1.29. The second-order valence-electron chi connectivity index (χ2n) is 12.4. The average molecular weight is 527 g/mol. The zero-order valence-corrected chi connectivity index (χ0v) is 22.8. The first-order valence-electron chi connectivity index (χ1n) is 14.1. The molecule has 0 bridgehead atoms. The number of allylic oxidation sites excluding steroid dienone is 1. The van der Waals surface area contributed by atoms with Crippen molar-refractivity contribution in [2.45, 2.75) is 95.2 Å². The molecule has 0 unspecified atom stereocenters. The molecule has 0 N–H and O–H groups in total. The molecule has 1 aliphatic carbocycles. The number of amides is 1. The summed E-state index contributed by atoms with van der Waals surface area (Å²) in [7, 11) is 1.70. The third kappa shape index (κ3) is 5.85. The number of alkyl halides is 2. The lowest BCUT2D eigenvalue weighted by Gasteiger charge is -2.45. The summed E-state index contributed by atoms with van der Waals surface area (Å²) in [6.45, 7) is 9.86. The molecule has 1 amide bonds. The van der Waals surface area contributed by atoms with Crippen LogP contribution in [0.4, 0.5) is 13.6 Å². The number of rotatable bonds is 9. The summed E-state index contributed by atoms with van der Waals surface area (Å²) in [4.78, 5) is 16.7. The summed E-state index contributed by atoms with van der Waals surface area (Å²) < 4.78 is 49.5. The van der Waals surface area contributed by atoms with Crippen molar-refractivity contribution in [1.29, 1.82) is 0 Å². The Morgan fingerprint density at radius 1 is 1.16 bits per heavy atom. The van der Waals surface area contributed by atoms with E-state index >= 15 is 0 Å². The van der Waals surface area contributed by atoms with E-state index in [0.717, 1.165) is 51.6 Å². The fourth-order valence-electron chi connectivity index (χ4n) is 7.21. The highest BCUT2D eigenvalue weighted by atomic mass is 19.3. The number of epoxide rings is 2. The standard InChI is InChI=1S/C28H44F2N2O5/c1-18(2)5-6-22-27(3,37-22)25-24(34-4)21(7-10-28(25)17-35-28)36-26(33)32-14-20(15-32)13-19-8-11-31(12-9-19)16-23(29)30/h5,19-25H,6-17H2,1-4H3/t21-,22-,24-,25-,27+,28+/m1/s1. The van der Waals surface area contributed by atoms with E-state index < -0.39 is 6.43 Å². The summed E-state index contributed by atoms with van der Waals surface area (Å²) in [6.07, 6.45) is 4.66. The minimum Gasteiger partial charge on any atom is -0.443 e. The van der Waals surface area contributed by atoms with Gasteiger partial charge in [0.2, 0.25) is 0 Å². The summed E-state index contributed by atoms with van der Waals surface area (Å²) in [5, 5.41) is 0. The van der Waals surface area contributed by atoms with Crippen LogP contribution < -0.4 is 0 Å². The molecule has 1 spiro atoms. The molecule has 4 aliphatic heterocycles. The molecule has 210 valence electrons. The highest BCUT2D eigenvalue weighted by Crippen LogP contribution is 2.59. The maximum atomic E-state index is 13.0. The van der Waals surface area contributed by atoms with E-state index in [4.69, 9.17) is 18.9 Å². The Morgan fingerprint density at radius 2 is 1.86 bits per heavy atom. The number of likely N-dealkylation sites (tertiary alicyclic amines) is 2. The lowest BCUT2D eigenvalue weighted by atomic mass is 9.68. The number of hydrogen-bond acceptors (Lipinski definition) is 6. The van der Waals surface area contributed by atoms with Crippen LogP contribution in [0.15, 0.2) is 11.6 Å². The van der Waals surface area contributed by atoms with Crippen LogP contribution in [0.1, 0.15) is 59.3 Å². The molecule has 0 radical (unpaired) electrons. The van der Waals surface area contributed by atoms with Gasteiger partial charge in [-0.05, 0) is 84.2 Å². The number of halogens is 2. The first kappa shape index (κ1) is 27.3. The van der Waals surface area contributed by atoms with Crippen LogP contribution in [0.5, 0.6) is 0 Å². The van der Waals surface area contributed by atoms with Gasteiger partial charge in [0.05, 0.1) is 25.2 Å². The lowest BCUT2D eigenvalue weighted by molar-refractivity contribution is -0.124. The summed E-state index contributed by atoms with van der Waals surface area (Å²) in [5.74, 6) is 1.05. The molecule has 6 atom stereocenters. The monoisotopic (exact) mass is 526 g/mol. The molecule has 7 nitrogen and oxygen atoms in total. The van der Waals surface area contributed by atoms with Crippen molar-refractivity contribution in [1.82, 2.24) is 9.80 Å². The zero-order valence-electron chi connectivity index (χ0n) is 22.8. The second kappa shape index (κ2) is 10.7. The highest BCUT2D eigenvalue weighted by Gasteiger charge is 2.72. The average Bonchev–Trinajstić information content (AvgIpc) is 3.73. The Labute approximate surface area is 219 Å². The SMILES string of the molecule is CO[C@@H]1[C@H](OC(=O)N2CC(CC3CCN(CC(F)F)CC3)C2)CC[C@]2(CO2)[C@H]1[C@@]1(C)O[C@@H]1CC=C(C)C. The van der Waals surface area contributed by atoms with Gasteiger partial charge in [-0.3, -0.25) is 4.90 Å². The summed E-state index contributed by atoms with van der Waals surface area (Å²) in [6, 6.07) is 0. The molecule has 1 saturated carbocycles. The van der Waals surface area contributed by atoms with E-state index in [2.05, 4.69) is 26.8 Å². The van der Waals surface area contributed by atoms with Crippen molar-refractivity contribution in [2.75, 3.05) is 46.4 Å². The van der Waals surface area contributed by atoms with E-state index in [1.807, 2.05) is 4.90 Å². The number of carbonyl (C=O) groups excluding carboxylic acids is 1. The Morgan fingerprint density at radius 3 is 2.46 bits per heavy atom. The third-order valence-corrected chi connectivity index (χ3v) is 9.47. The lowest BCUT2D eigenvalue weighted by Crippen LogP contribution is -2.57. The van der Waals surface area contributed by atoms with Crippen molar-refractivity contribution >= 4 is 6.09 Å². The maximum absolute atomic E-state index is 13.0. The van der Waals surface area contributed by atoms with Crippen LogP contribution in [0.3, 0.4) is 0 Å². The smallest absolute Gasteiger partial charge is 0.410 e. The van der Waals surface area contributed by atoms with E-state index in [1.165, 1.54) is 5.57 Å². The molecule has 37 heavy (non-hydrogen) atoms. The van der Waals surface area contributed by atoms with Crippen molar-refractivity contribution < 1.29 is 32.5 Å². The minimum atomic E-state index is -2.26. The van der Waals surface area contributed by atoms with Crippen molar-refractivity contribution in [3.8, 4) is 0 Å². The molecule has 9 heteroatoms. The predicted molar refractivity (Wildman–Crippen MR) is 135 cm³/mol. The molecule has 5 rings (SSSR count). The molecule has 4 saturated heterocycles. The van der Waals surface area contributed by atoms with Gasteiger partial charge in [-0.1, -0.05) is 11.6 Å². The number of carbonyl (C=O) groups is 1. The van der Waals surface area contributed by atoms with Crippen LogP contribution >= 0.6 is 0 Å². The van der Waals surface area contributed by atoms with E-state index in [-0.39, 0.29) is 48.1 Å². The topological polar surface area (TPSA) is 67.1 Å². The number of piperidine rings is 1. The van der Waals surface area contributed by atoms with E-state index in [1.54, 1.807) is 12.0 Å². The predicted octanol–water partition coefficient (Wildman–Crippen LogP) is 4.50. The molecule has 0 aromatic heterocycles. The van der Waals surface area contributed by atoms with E-state index in [9.17, 15) is 13.6 Å². The first-order chi connectivity index (χ1) is 17.6. The second-order valence-corrected chi connectivity index (χ2v) is 12.4. The fraction of sp³-hybridized carbons (Fsp3) is 0.893. The summed E-state index contributed by atoms with van der Waals surface area (Å²) >= 11 is 0. The highest BCUT2D eigenvalue weighted by molar-refractivity contribution is 5.69. The molecule has 5 fully saturated rings. The van der Waals surface area contributed by atoms with Crippen molar-refractivity contribution in [3.05, 3.63) is 11.6 Å². The number of ether oxygens (including phenoxy) is 4. The van der Waals surface area contributed by atoms with Gasteiger partial charge >= 0.3 is 6.09 Å². The van der Waals surface area contributed by atoms with Gasteiger partial charge in [-0.15, -0.1) is 0 Å². The molecule has 4 heterocycles. The van der Waals surface area contributed by atoms with Gasteiger partial charge in [-0.25, -0.2) is 13.6 Å². The van der Waals surface area contributed by atoms with Crippen LogP contribution in [-0.4, -0.2) is 98.3 Å². The first-order valence-corrected chi connectivity index (χ1v) is 14.1. The zero-order chi connectivity index (χ0) is 26.4. The van der Waals surface area contributed by atoms with Crippen LogP contribution in [0.2, 0.25) is 0 Å². The summed E-state index contributed by atoms with van der Waals surface area (Å²) in [5.41, 5.74) is 0.699. The minimum absolute atomic E-state index is 0.0205. The van der Waals surface area contributed by atoms with Crippen molar-refractivity contribution in [2.24, 2.45) is 17.8 Å². The van der Waals surface area contributed by atoms with Gasteiger partial charge < -0.3 is 23.8 Å². The van der Waals surface area contributed by atoms with Crippen LogP contribution in [0, 0.1) is 17.8 Å². The Kier molecular flexibility index (Phi) is 7.89. The van der Waals surface area contributed by atoms with Crippen molar-refractivity contribution in [3.63, 3.8) is 0 Å². The van der Waals surface area contributed by atoms with Crippen LogP contribution in [-0.2, 0) is 18.9 Å². The number of nitrogens with zero attached hydrogens (tertiary/aromatic N) is 2. The quantitative estimate of drug-likeness (QED) is 0.326. The molecular formula is C28H44F2N2O5. The Balaban J connectivity index is 1.10. The molecule has 0 aromatic carbocycles. The van der Waals surface area contributed by atoms with E-state index in [0.29, 0.717) is 31.5 Å². The normalized spacial score (nSPS) is 38.5. The van der Waals surface area contributed by atoms with Gasteiger partial charge in [0.1, 0.15) is 23.4 Å². The number of hydrogen-bond donors (Lipinski definition) is 0. The largest absolute Gasteiger partial charge is 0.443 e. The molecule has 5 aliphatic rings. The van der Waals surface area contributed by atoms with Gasteiger partial charge in [0, 0.05) is 20.2 Å². The maximum Gasteiger partial charge on any atom is 0.410 e. The Bertz CT molecular complexity index is 850.